The van der Waals surface area contributed by atoms with Crippen molar-refractivity contribution in [3.05, 3.63) is 24.0 Å². The van der Waals surface area contributed by atoms with Crippen LogP contribution in [0.2, 0.25) is 0 Å². The number of carbonyl (C=O) groups is 1. The Morgan fingerprint density at radius 2 is 2.33 bits per heavy atom. The fraction of sp³-hybridized carbons (Fsp3) is 0.545. The van der Waals surface area contributed by atoms with Crippen molar-refractivity contribution in [1.82, 2.24) is 10.3 Å². The zero-order chi connectivity index (χ0) is 11.3. The molecule has 4 N–H and O–H groups in total. The fourth-order valence-corrected chi connectivity index (χ4v) is 1.13. The summed E-state index contributed by atoms with van der Waals surface area (Å²) < 4.78 is 0. The zero-order valence-corrected chi connectivity index (χ0v) is 9.34. The molecule has 0 unspecified atom stereocenters. The predicted molar refractivity (Wildman–Crippen MR) is 60.3 cm³/mol. The number of amides is 1. The highest BCUT2D eigenvalue weighted by atomic mass is 16.1. The van der Waals surface area contributed by atoms with E-state index in [2.05, 4.69) is 10.3 Å². The Balaban J connectivity index is 2.31. The lowest BCUT2D eigenvalue weighted by molar-refractivity contribution is -0.120. The molecule has 0 bridgehead atoms. The van der Waals surface area contributed by atoms with E-state index < -0.39 is 0 Å². The Labute approximate surface area is 90.2 Å². The molecule has 15 heavy (non-hydrogen) atoms. The summed E-state index contributed by atoms with van der Waals surface area (Å²) in [6.45, 7) is 5.25. The lowest BCUT2D eigenvalue weighted by Gasteiger charge is -2.22. The topological polar surface area (TPSA) is 70.9 Å². The Bertz CT molecular complexity index is 304. The lowest BCUT2D eigenvalue weighted by Crippen LogP contribution is -2.38. The van der Waals surface area contributed by atoms with Gasteiger partial charge in [0.05, 0.1) is 6.42 Å². The van der Waals surface area contributed by atoms with Gasteiger partial charge in [-0.15, -0.1) is 0 Å². The summed E-state index contributed by atoms with van der Waals surface area (Å²) in [4.78, 5) is 14.4. The van der Waals surface area contributed by atoms with Crippen molar-refractivity contribution in [2.24, 2.45) is 11.1 Å². The van der Waals surface area contributed by atoms with E-state index in [1.807, 2.05) is 32.3 Å². The predicted octanol–water partition coefficient (Wildman–Crippen LogP) is 0.658. The maximum atomic E-state index is 11.5. The lowest BCUT2D eigenvalue weighted by atomic mass is 9.94. The van der Waals surface area contributed by atoms with Crippen LogP contribution in [0, 0.1) is 5.41 Å². The van der Waals surface area contributed by atoms with Crippen LogP contribution in [0.25, 0.3) is 0 Å². The fourth-order valence-electron chi connectivity index (χ4n) is 1.13. The minimum absolute atomic E-state index is 0.0339. The summed E-state index contributed by atoms with van der Waals surface area (Å²) in [5, 5.41) is 2.88. The SMILES string of the molecule is CC(C)(CN)CNC(=O)Cc1cc[nH]c1. The normalized spacial score (nSPS) is 11.4. The van der Waals surface area contributed by atoms with Crippen LogP contribution < -0.4 is 11.1 Å². The molecule has 1 aromatic rings. The highest BCUT2D eigenvalue weighted by Gasteiger charge is 2.16. The molecule has 0 aliphatic carbocycles. The van der Waals surface area contributed by atoms with Gasteiger partial charge >= 0.3 is 0 Å². The highest BCUT2D eigenvalue weighted by Crippen LogP contribution is 2.10. The van der Waals surface area contributed by atoms with E-state index >= 15 is 0 Å². The third-order valence-corrected chi connectivity index (χ3v) is 2.34. The molecule has 1 aromatic heterocycles. The van der Waals surface area contributed by atoms with E-state index in [-0.39, 0.29) is 11.3 Å². The van der Waals surface area contributed by atoms with E-state index in [1.54, 1.807) is 0 Å². The second-order valence-electron chi connectivity index (χ2n) is 4.54. The van der Waals surface area contributed by atoms with Gasteiger partial charge in [-0.3, -0.25) is 4.79 Å². The minimum Gasteiger partial charge on any atom is -0.367 e. The van der Waals surface area contributed by atoms with Gasteiger partial charge in [-0.1, -0.05) is 13.8 Å². The van der Waals surface area contributed by atoms with E-state index in [1.165, 1.54) is 0 Å². The van der Waals surface area contributed by atoms with Crippen molar-refractivity contribution in [3.63, 3.8) is 0 Å². The van der Waals surface area contributed by atoms with Crippen LogP contribution in [0.15, 0.2) is 18.5 Å². The summed E-state index contributed by atoms with van der Waals surface area (Å²) in [5.41, 5.74) is 6.54. The van der Waals surface area contributed by atoms with Crippen molar-refractivity contribution in [2.45, 2.75) is 20.3 Å². The van der Waals surface area contributed by atoms with Gasteiger partial charge < -0.3 is 16.0 Å². The summed E-state index contributed by atoms with van der Waals surface area (Å²) in [7, 11) is 0. The molecule has 0 radical (unpaired) electrons. The van der Waals surface area contributed by atoms with E-state index in [0.717, 1.165) is 5.56 Å². The maximum absolute atomic E-state index is 11.5. The molecule has 0 aliphatic heterocycles. The van der Waals surface area contributed by atoms with Crippen LogP contribution in [0.5, 0.6) is 0 Å². The quantitative estimate of drug-likeness (QED) is 0.666. The molecule has 1 rings (SSSR count). The number of aromatic amines is 1. The smallest absolute Gasteiger partial charge is 0.224 e. The number of hydrogen-bond donors (Lipinski definition) is 3. The Morgan fingerprint density at radius 1 is 1.60 bits per heavy atom. The molecule has 0 spiro atoms. The summed E-state index contributed by atoms with van der Waals surface area (Å²) in [6, 6.07) is 1.90. The summed E-state index contributed by atoms with van der Waals surface area (Å²) in [6.07, 6.45) is 4.06. The minimum atomic E-state index is -0.0339. The molecule has 4 heteroatoms. The standard InChI is InChI=1S/C11H19N3O/c1-11(2,7-12)8-14-10(15)5-9-3-4-13-6-9/h3-4,6,13H,5,7-8,12H2,1-2H3,(H,14,15). The molecule has 1 heterocycles. The van der Waals surface area contributed by atoms with Crippen molar-refractivity contribution < 1.29 is 4.79 Å². The van der Waals surface area contributed by atoms with E-state index in [4.69, 9.17) is 5.73 Å². The highest BCUT2D eigenvalue weighted by molar-refractivity contribution is 5.78. The first-order chi connectivity index (χ1) is 7.03. The average molecular weight is 209 g/mol. The first-order valence-electron chi connectivity index (χ1n) is 5.12. The van der Waals surface area contributed by atoms with Gasteiger partial charge in [0, 0.05) is 18.9 Å². The van der Waals surface area contributed by atoms with Gasteiger partial charge in [0.15, 0.2) is 0 Å². The third kappa shape index (κ3) is 4.16. The number of nitrogens with two attached hydrogens (primary N) is 1. The van der Waals surface area contributed by atoms with Crippen molar-refractivity contribution in [2.75, 3.05) is 13.1 Å². The number of rotatable bonds is 5. The number of nitrogens with one attached hydrogen (secondary N) is 2. The molecule has 1 amide bonds. The van der Waals surface area contributed by atoms with Crippen LogP contribution in [0.3, 0.4) is 0 Å². The molecule has 4 nitrogen and oxygen atoms in total. The molecule has 84 valence electrons. The number of hydrogen-bond acceptors (Lipinski definition) is 2. The van der Waals surface area contributed by atoms with Gasteiger partial charge in [-0.05, 0) is 23.6 Å². The van der Waals surface area contributed by atoms with Crippen molar-refractivity contribution in [3.8, 4) is 0 Å². The Morgan fingerprint density at radius 3 is 2.87 bits per heavy atom. The van der Waals surface area contributed by atoms with Gasteiger partial charge in [-0.25, -0.2) is 0 Å². The number of aromatic nitrogens is 1. The Hall–Kier alpha value is -1.29. The van der Waals surface area contributed by atoms with Gasteiger partial charge in [-0.2, -0.15) is 0 Å². The number of H-pyrrole nitrogens is 1. The number of carbonyl (C=O) groups excluding carboxylic acids is 1. The maximum Gasteiger partial charge on any atom is 0.224 e. The largest absolute Gasteiger partial charge is 0.367 e. The van der Waals surface area contributed by atoms with E-state index in [9.17, 15) is 4.79 Å². The van der Waals surface area contributed by atoms with Crippen LogP contribution in [0.4, 0.5) is 0 Å². The molecular formula is C11H19N3O. The molecule has 0 saturated carbocycles. The van der Waals surface area contributed by atoms with Crippen LogP contribution >= 0.6 is 0 Å². The van der Waals surface area contributed by atoms with Gasteiger partial charge in [0.25, 0.3) is 0 Å². The van der Waals surface area contributed by atoms with Gasteiger partial charge in [0.2, 0.25) is 5.91 Å². The molecule has 0 aliphatic rings. The molecule has 0 aromatic carbocycles. The van der Waals surface area contributed by atoms with Crippen LogP contribution in [0.1, 0.15) is 19.4 Å². The first kappa shape index (κ1) is 11.8. The van der Waals surface area contributed by atoms with Crippen molar-refractivity contribution in [1.29, 1.82) is 0 Å². The molecule has 0 saturated heterocycles. The first-order valence-corrected chi connectivity index (χ1v) is 5.12. The zero-order valence-electron chi connectivity index (χ0n) is 9.34. The average Bonchev–Trinajstić information content (AvgIpc) is 2.68. The van der Waals surface area contributed by atoms with Crippen LogP contribution in [-0.4, -0.2) is 24.0 Å². The monoisotopic (exact) mass is 209 g/mol. The van der Waals surface area contributed by atoms with E-state index in [0.29, 0.717) is 19.5 Å². The summed E-state index contributed by atoms with van der Waals surface area (Å²) >= 11 is 0. The summed E-state index contributed by atoms with van der Waals surface area (Å²) in [5.74, 6) is 0.0381. The van der Waals surface area contributed by atoms with Crippen molar-refractivity contribution >= 4 is 5.91 Å². The molecule has 0 fully saturated rings. The molecule has 0 atom stereocenters. The molecular weight excluding hydrogens is 190 g/mol. The van der Waals surface area contributed by atoms with Crippen LogP contribution in [-0.2, 0) is 11.2 Å². The second kappa shape index (κ2) is 4.98. The van der Waals surface area contributed by atoms with Gasteiger partial charge in [0.1, 0.15) is 0 Å². The Kier molecular flexibility index (Phi) is 3.91. The second-order valence-corrected chi connectivity index (χ2v) is 4.54. The third-order valence-electron chi connectivity index (χ3n) is 2.34.